The fraction of sp³-hybridized carbons (Fsp3) is 0.824. The summed E-state index contributed by atoms with van der Waals surface area (Å²) in [6, 6.07) is -0.133. The van der Waals surface area contributed by atoms with Gasteiger partial charge in [-0.3, -0.25) is 19.3 Å². The monoisotopic (exact) mass is 371 g/mol. The Morgan fingerprint density at radius 1 is 1.28 bits per heavy atom. The molecule has 1 aliphatic heterocycles. The molecule has 2 N–H and O–H groups in total. The third-order valence-corrected chi connectivity index (χ3v) is 5.82. The molecule has 2 amide bonds. The Hall–Kier alpha value is -1.28. The fourth-order valence-electron chi connectivity index (χ4n) is 3.26. The van der Waals surface area contributed by atoms with Gasteiger partial charge in [0.2, 0.25) is 11.8 Å². The minimum atomic E-state index is -0.825. The Balaban J connectivity index is 1.85. The van der Waals surface area contributed by atoms with E-state index < -0.39 is 17.4 Å². The highest BCUT2D eigenvalue weighted by Gasteiger charge is 2.41. The van der Waals surface area contributed by atoms with Crippen molar-refractivity contribution in [1.82, 2.24) is 15.1 Å². The molecule has 2 rings (SSSR count). The summed E-state index contributed by atoms with van der Waals surface area (Å²) in [6.45, 7) is 8.27. The molecule has 0 aromatic rings. The van der Waals surface area contributed by atoms with E-state index in [1.165, 1.54) is 0 Å². The van der Waals surface area contributed by atoms with E-state index in [0.29, 0.717) is 18.2 Å². The van der Waals surface area contributed by atoms with Crippen LogP contribution in [0.5, 0.6) is 0 Å². The SMILES string of the molecule is CCN(CC(=O)O)C1CC(NC(=O)C2CSCN2C(=O)C(C)(C)C)C1. The molecule has 0 radical (unpaired) electrons. The second-order valence-corrected chi connectivity index (χ2v) is 8.83. The van der Waals surface area contributed by atoms with Gasteiger partial charge in [-0.15, -0.1) is 11.8 Å². The average Bonchev–Trinajstić information content (AvgIpc) is 2.95. The second-order valence-electron chi connectivity index (χ2n) is 7.83. The summed E-state index contributed by atoms with van der Waals surface area (Å²) < 4.78 is 0. The number of amides is 2. The number of nitrogens with one attached hydrogen (secondary N) is 1. The predicted molar refractivity (Wildman–Crippen MR) is 97.2 cm³/mol. The molecule has 0 spiro atoms. The molecule has 1 saturated carbocycles. The first-order chi connectivity index (χ1) is 11.6. The molecule has 2 fully saturated rings. The summed E-state index contributed by atoms with van der Waals surface area (Å²) in [7, 11) is 0. The highest BCUT2D eigenvalue weighted by atomic mass is 32.2. The van der Waals surface area contributed by atoms with E-state index in [-0.39, 0.29) is 30.4 Å². The number of carboxylic acids is 1. The van der Waals surface area contributed by atoms with E-state index in [9.17, 15) is 14.4 Å². The van der Waals surface area contributed by atoms with Crippen LogP contribution in [0.2, 0.25) is 0 Å². The van der Waals surface area contributed by atoms with Gasteiger partial charge in [0, 0.05) is 23.3 Å². The van der Waals surface area contributed by atoms with Crippen LogP contribution in [0.4, 0.5) is 0 Å². The molecule has 7 nitrogen and oxygen atoms in total. The Morgan fingerprint density at radius 3 is 2.44 bits per heavy atom. The van der Waals surface area contributed by atoms with Crippen LogP contribution in [0.1, 0.15) is 40.5 Å². The minimum Gasteiger partial charge on any atom is -0.480 e. The van der Waals surface area contributed by atoms with Crippen molar-refractivity contribution in [3.63, 3.8) is 0 Å². The first kappa shape index (κ1) is 20.0. The van der Waals surface area contributed by atoms with E-state index in [4.69, 9.17) is 5.11 Å². The summed E-state index contributed by atoms with van der Waals surface area (Å²) >= 11 is 1.60. The van der Waals surface area contributed by atoms with Crippen LogP contribution in [0.15, 0.2) is 0 Å². The van der Waals surface area contributed by atoms with Crippen LogP contribution < -0.4 is 5.32 Å². The molecule has 0 bridgehead atoms. The lowest BCUT2D eigenvalue weighted by Gasteiger charge is -2.42. The molecule has 1 atom stereocenters. The van der Waals surface area contributed by atoms with Gasteiger partial charge in [0.15, 0.2) is 0 Å². The quantitative estimate of drug-likeness (QED) is 0.724. The van der Waals surface area contributed by atoms with Crippen molar-refractivity contribution in [3.05, 3.63) is 0 Å². The third-order valence-electron chi connectivity index (χ3n) is 4.81. The number of carbonyl (C=O) groups is 3. The Kier molecular flexibility index (Phi) is 6.37. The molecule has 25 heavy (non-hydrogen) atoms. The maximum Gasteiger partial charge on any atom is 0.317 e. The molecule has 8 heteroatoms. The zero-order valence-electron chi connectivity index (χ0n) is 15.4. The van der Waals surface area contributed by atoms with Gasteiger partial charge in [0.05, 0.1) is 12.4 Å². The Labute approximate surface area is 153 Å². The van der Waals surface area contributed by atoms with Crippen molar-refractivity contribution < 1.29 is 19.5 Å². The van der Waals surface area contributed by atoms with Gasteiger partial charge in [-0.25, -0.2) is 0 Å². The van der Waals surface area contributed by atoms with Crippen LogP contribution in [-0.2, 0) is 14.4 Å². The van der Waals surface area contributed by atoms with Crippen LogP contribution >= 0.6 is 11.8 Å². The van der Waals surface area contributed by atoms with Gasteiger partial charge in [-0.2, -0.15) is 0 Å². The van der Waals surface area contributed by atoms with Gasteiger partial charge < -0.3 is 15.3 Å². The molecule has 142 valence electrons. The number of carboxylic acid groups (broad SMARTS) is 1. The number of hydrogen-bond acceptors (Lipinski definition) is 5. The predicted octanol–water partition coefficient (Wildman–Crippen LogP) is 0.988. The normalized spacial score (nSPS) is 26.4. The van der Waals surface area contributed by atoms with Crippen molar-refractivity contribution in [1.29, 1.82) is 0 Å². The van der Waals surface area contributed by atoms with E-state index >= 15 is 0 Å². The summed E-state index contributed by atoms with van der Waals surface area (Å²) in [4.78, 5) is 39.6. The molecule has 1 unspecified atom stereocenters. The maximum absolute atomic E-state index is 12.6. The van der Waals surface area contributed by atoms with Crippen LogP contribution in [0.25, 0.3) is 0 Å². The summed E-state index contributed by atoms with van der Waals surface area (Å²) in [5.74, 6) is 0.275. The lowest BCUT2D eigenvalue weighted by Crippen LogP contribution is -2.58. The van der Waals surface area contributed by atoms with Crippen molar-refractivity contribution >= 4 is 29.5 Å². The molecular formula is C17H29N3O4S. The lowest BCUT2D eigenvalue weighted by molar-refractivity contribution is -0.144. The second kappa shape index (κ2) is 7.95. The van der Waals surface area contributed by atoms with Crippen molar-refractivity contribution in [2.24, 2.45) is 5.41 Å². The summed E-state index contributed by atoms with van der Waals surface area (Å²) in [6.07, 6.45) is 1.53. The van der Waals surface area contributed by atoms with Gasteiger partial charge in [-0.1, -0.05) is 27.7 Å². The lowest BCUT2D eigenvalue weighted by atomic mass is 9.85. The largest absolute Gasteiger partial charge is 0.480 e. The Bertz CT molecular complexity index is 528. The van der Waals surface area contributed by atoms with Crippen LogP contribution in [-0.4, -0.2) is 75.5 Å². The van der Waals surface area contributed by atoms with Gasteiger partial charge in [0.25, 0.3) is 0 Å². The molecule has 1 aliphatic carbocycles. The van der Waals surface area contributed by atoms with E-state index in [1.54, 1.807) is 16.7 Å². The zero-order valence-corrected chi connectivity index (χ0v) is 16.3. The molecule has 0 aromatic heterocycles. The molecule has 1 saturated heterocycles. The first-order valence-corrected chi connectivity index (χ1v) is 9.94. The summed E-state index contributed by atoms with van der Waals surface area (Å²) in [5, 5.41) is 12.0. The third kappa shape index (κ3) is 4.88. The van der Waals surface area contributed by atoms with Crippen LogP contribution in [0, 0.1) is 5.41 Å². The van der Waals surface area contributed by atoms with Gasteiger partial charge in [0.1, 0.15) is 6.04 Å². The number of hydrogen-bond donors (Lipinski definition) is 2. The smallest absolute Gasteiger partial charge is 0.317 e. The molecule has 1 heterocycles. The number of carbonyl (C=O) groups excluding carboxylic acids is 2. The standard InChI is InChI=1S/C17H29N3O4S/c1-5-19(8-14(21)22)12-6-11(7-12)18-15(23)13-9-25-10-20(13)16(24)17(2,3)4/h11-13H,5-10H2,1-4H3,(H,18,23)(H,21,22). The van der Waals surface area contributed by atoms with Crippen molar-refractivity contribution in [2.45, 2.75) is 58.7 Å². The first-order valence-electron chi connectivity index (χ1n) is 8.78. The fourth-order valence-corrected chi connectivity index (χ4v) is 4.42. The number of likely N-dealkylation sites (N-methyl/N-ethyl adjacent to an activating group) is 1. The van der Waals surface area contributed by atoms with Crippen LogP contribution in [0.3, 0.4) is 0 Å². The number of aliphatic carboxylic acids is 1. The van der Waals surface area contributed by atoms with Gasteiger partial charge in [-0.05, 0) is 19.4 Å². The van der Waals surface area contributed by atoms with E-state index in [2.05, 4.69) is 5.32 Å². The maximum atomic E-state index is 12.6. The van der Waals surface area contributed by atoms with E-state index in [0.717, 1.165) is 12.8 Å². The number of rotatable bonds is 6. The molecule has 0 aromatic carbocycles. The number of thioether (sulfide) groups is 1. The van der Waals surface area contributed by atoms with E-state index in [1.807, 2.05) is 32.6 Å². The molecule has 2 aliphatic rings. The number of nitrogens with zero attached hydrogens (tertiary/aromatic N) is 2. The Morgan fingerprint density at radius 2 is 1.92 bits per heavy atom. The van der Waals surface area contributed by atoms with Crippen molar-refractivity contribution in [2.75, 3.05) is 24.7 Å². The van der Waals surface area contributed by atoms with Crippen molar-refractivity contribution in [3.8, 4) is 0 Å². The minimum absolute atomic E-state index is 0.00255. The van der Waals surface area contributed by atoms with Gasteiger partial charge >= 0.3 is 5.97 Å². The molecular weight excluding hydrogens is 342 g/mol. The average molecular weight is 372 g/mol. The summed E-state index contributed by atoms with van der Waals surface area (Å²) in [5.41, 5.74) is -0.497. The zero-order chi connectivity index (χ0) is 18.8. The highest BCUT2D eigenvalue weighted by molar-refractivity contribution is 7.99. The topological polar surface area (TPSA) is 90.0 Å². The highest BCUT2D eigenvalue weighted by Crippen LogP contribution is 2.29.